The molecule has 0 aromatic carbocycles. The van der Waals surface area contributed by atoms with Crippen molar-refractivity contribution >= 4 is 17.5 Å². The molecule has 2 aromatic heterocycles. The van der Waals surface area contributed by atoms with Crippen molar-refractivity contribution in [1.82, 2.24) is 19.3 Å². The number of aromatic nitrogens is 4. The van der Waals surface area contributed by atoms with Crippen LogP contribution in [-0.2, 0) is 17.9 Å². The second kappa shape index (κ2) is 5.97. The van der Waals surface area contributed by atoms with Crippen molar-refractivity contribution in [2.45, 2.75) is 13.1 Å². The Morgan fingerprint density at radius 3 is 2.85 bits per heavy atom. The number of amides is 2. The largest absolute Gasteiger partial charge is 0.368 e. The Bertz CT molecular complexity index is 616. The number of anilines is 1. The Hall–Kier alpha value is -2.68. The smallest absolute Gasteiger partial charge is 0.275 e. The van der Waals surface area contributed by atoms with Crippen molar-refractivity contribution in [2.24, 2.45) is 11.5 Å². The Morgan fingerprint density at radius 1 is 1.35 bits per heavy atom. The Kier molecular flexibility index (Phi) is 4.11. The fourth-order valence-electron chi connectivity index (χ4n) is 1.62. The SMILES string of the molecule is NCCn1cnc(C(=O)Nc2cnn(CC(N)=O)c2)c1. The molecule has 0 fully saturated rings. The monoisotopic (exact) mass is 277 g/mol. The lowest BCUT2D eigenvalue weighted by Gasteiger charge is -1.99. The molecule has 0 aliphatic heterocycles. The highest BCUT2D eigenvalue weighted by Gasteiger charge is 2.11. The van der Waals surface area contributed by atoms with Crippen molar-refractivity contribution < 1.29 is 9.59 Å². The number of hydrogen-bond donors (Lipinski definition) is 3. The minimum atomic E-state index is -0.508. The molecule has 2 rings (SSSR count). The summed E-state index contributed by atoms with van der Waals surface area (Å²) in [6.07, 6.45) is 6.09. The van der Waals surface area contributed by atoms with E-state index in [1.807, 2.05) is 0 Å². The zero-order chi connectivity index (χ0) is 14.5. The van der Waals surface area contributed by atoms with Gasteiger partial charge < -0.3 is 21.4 Å². The highest BCUT2D eigenvalue weighted by atomic mass is 16.2. The maximum atomic E-state index is 11.9. The molecule has 5 N–H and O–H groups in total. The van der Waals surface area contributed by atoms with Crippen LogP contribution in [0.1, 0.15) is 10.5 Å². The molecule has 0 bridgehead atoms. The third-order valence-corrected chi connectivity index (χ3v) is 2.46. The van der Waals surface area contributed by atoms with Gasteiger partial charge in [0.25, 0.3) is 5.91 Å². The Balaban J connectivity index is 1.99. The van der Waals surface area contributed by atoms with Gasteiger partial charge in [0.05, 0.1) is 18.2 Å². The van der Waals surface area contributed by atoms with E-state index in [4.69, 9.17) is 11.5 Å². The van der Waals surface area contributed by atoms with Crippen molar-refractivity contribution in [3.05, 3.63) is 30.6 Å². The van der Waals surface area contributed by atoms with Gasteiger partial charge in [0.1, 0.15) is 12.2 Å². The zero-order valence-corrected chi connectivity index (χ0v) is 10.7. The molecule has 2 aromatic rings. The molecule has 0 radical (unpaired) electrons. The van der Waals surface area contributed by atoms with E-state index in [0.29, 0.717) is 18.8 Å². The van der Waals surface area contributed by atoms with Gasteiger partial charge in [0.15, 0.2) is 0 Å². The van der Waals surface area contributed by atoms with E-state index in [1.165, 1.54) is 23.4 Å². The number of nitrogens with two attached hydrogens (primary N) is 2. The number of rotatable bonds is 6. The van der Waals surface area contributed by atoms with Crippen LogP contribution in [-0.4, -0.2) is 37.7 Å². The summed E-state index contributed by atoms with van der Waals surface area (Å²) in [5.41, 5.74) is 11.2. The van der Waals surface area contributed by atoms with Gasteiger partial charge in [0, 0.05) is 25.5 Å². The van der Waals surface area contributed by atoms with Gasteiger partial charge in [-0.15, -0.1) is 0 Å². The van der Waals surface area contributed by atoms with Crippen LogP contribution in [0.25, 0.3) is 0 Å². The van der Waals surface area contributed by atoms with Crippen LogP contribution >= 0.6 is 0 Å². The number of hydrogen-bond acceptors (Lipinski definition) is 5. The second-order valence-electron chi connectivity index (χ2n) is 4.13. The minimum absolute atomic E-state index is 0.0407. The Morgan fingerprint density at radius 2 is 2.15 bits per heavy atom. The third-order valence-electron chi connectivity index (χ3n) is 2.46. The fraction of sp³-hybridized carbons (Fsp3) is 0.273. The molecule has 9 heteroatoms. The maximum Gasteiger partial charge on any atom is 0.275 e. The molecule has 0 saturated heterocycles. The molecule has 2 amide bonds. The average molecular weight is 277 g/mol. The summed E-state index contributed by atoms with van der Waals surface area (Å²) < 4.78 is 3.07. The predicted octanol–water partition coefficient (Wildman–Crippen LogP) is -1.22. The first kappa shape index (κ1) is 13.7. The van der Waals surface area contributed by atoms with Crippen molar-refractivity contribution in [1.29, 1.82) is 0 Å². The van der Waals surface area contributed by atoms with Crippen LogP contribution in [0.4, 0.5) is 5.69 Å². The molecule has 9 nitrogen and oxygen atoms in total. The molecular weight excluding hydrogens is 262 g/mol. The van der Waals surface area contributed by atoms with E-state index in [-0.39, 0.29) is 18.1 Å². The maximum absolute atomic E-state index is 11.9. The zero-order valence-electron chi connectivity index (χ0n) is 10.7. The fourth-order valence-corrected chi connectivity index (χ4v) is 1.62. The van der Waals surface area contributed by atoms with E-state index >= 15 is 0 Å². The molecule has 106 valence electrons. The summed E-state index contributed by atoms with van der Waals surface area (Å²) in [4.78, 5) is 26.6. The number of carbonyl (C=O) groups is 2. The lowest BCUT2D eigenvalue weighted by atomic mass is 10.4. The standard InChI is InChI=1S/C11H15N7O2/c12-1-2-17-5-9(14-7-17)11(20)16-8-3-15-18(4-8)6-10(13)19/h3-5,7H,1-2,6,12H2,(H2,13,19)(H,16,20). The van der Waals surface area contributed by atoms with Gasteiger partial charge in [-0.3, -0.25) is 14.3 Å². The number of nitrogens with one attached hydrogen (secondary N) is 1. The van der Waals surface area contributed by atoms with E-state index < -0.39 is 5.91 Å². The number of carbonyl (C=O) groups excluding carboxylic acids is 2. The summed E-state index contributed by atoms with van der Waals surface area (Å²) in [5, 5.41) is 6.52. The molecule has 0 aliphatic rings. The van der Waals surface area contributed by atoms with E-state index in [2.05, 4.69) is 15.4 Å². The number of imidazole rings is 1. The average Bonchev–Trinajstić information content (AvgIpc) is 2.99. The Labute approximate surface area is 114 Å². The van der Waals surface area contributed by atoms with Crippen LogP contribution in [0.3, 0.4) is 0 Å². The van der Waals surface area contributed by atoms with Crippen molar-refractivity contribution in [3.8, 4) is 0 Å². The lowest BCUT2D eigenvalue weighted by molar-refractivity contribution is -0.118. The first-order valence-corrected chi connectivity index (χ1v) is 5.92. The second-order valence-corrected chi connectivity index (χ2v) is 4.13. The highest BCUT2D eigenvalue weighted by Crippen LogP contribution is 2.07. The normalized spacial score (nSPS) is 10.4. The van der Waals surface area contributed by atoms with E-state index in [1.54, 1.807) is 10.8 Å². The van der Waals surface area contributed by atoms with Crippen LogP contribution in [0.5, 0.6) is 0 Å². The van der Waals surface area contributed by atoms with Crippen LogP contribution in [0.15, 0.2) is 24.9 Å². The molecular formula is C11H15N7O2. The molecule has 0 atom stereocenters. The summed E-state index contributed by atoms with van der Waals surface area (Å²) in [5.74, 6) is -0.870. The number of nitrogens with zero attached hydrogens (tertiary/aromatic N) is 4. The van der Waals surface area contributed by atoms with Gasteiger partial charge in [-0.1, -0.05) is 0 Å². The van der Waals surface area contributed by atoms with Crippen molar-refractivity contribution in [3.63, 3.8) is 0 Å². The summed E-state index contributed by atoms with van der Waals surface area (Å²) >= 11 is 0. The molecule has 0 spiro atoms. The van der Waals surface area contributed by atoms with Crippen LogP contribution in [0, 0.1) is 0 Å². The highest BCUT2D eigenvalue weighted by molar-refractivity contribution is 6.02. The lowest BCUT2D eigenvalue weighted by Crippen LogP contribution is -2.18. The first-order chi connectivity index (χ1) is 9.58. The van der Waals surface area contributed by atoms with Crippen molar-refractivity contribution in [2.75, 3.05) is 11.9 Å². The predicted molar refractivity (Wildman–Crippen MR) is 70.7 cm³/mol. The van der Waals surface area contributed by atoms with Gasteiger partial charge in [-0.25, -0.2) is 4.98 Å². The van der Waals surface area contributed by atoms with E-state index in [0.717, 1.165) is 0 Å². The molecule has 0 unspecified atom stereocenters. The summed E-state index contributed by atoms with van der Waals surface area (Å²) in [6.45, 7) is 1.02. The first-order valence-electron chi connectivity index (χ1n) is 5.92. The van der Waals surface area contributed by atoms with Crippen LogP contribution < -0.4 is 16.8 Å². The molecule has 0 saturated carbocycles. The van der Waals surface area contributed by atoms with E-state index in [9.17, 15) is 9.59 Å². The summed E-state index contributed by atoms with van der Waals surface area (Å²) in [7, 11) is 0. The molecule has 2 heterocycles. The minimum Gasteiger partial charge on any atom is -0.368 e. The van der Waals surface area contributed by atoms with Gasteiger partial charge in [-0.2, -0.15) is 5.10 Å². The van der Waals surface area contributed by atoms with Gasteiger partial charge in [-0.05, 0) is 0 Å². The molecule has 0 aliphatic carbocycles. The number of primary amides is 1. The topological polar surface area (TPSA) is 134 Å². The quantitative estimate of drug-likeness (QED) is 0.608. The van der Waals surface area contributed by atoms with Crippen LogP contribution in [0.2, 0.25) is 0 Å². The molecule has 20 heavy (non-hydrogen) atoms. The van der Waals surface area contributed by atoms with Gasteiger partial charge >= 0.3 is 0 Å². The van der Waals surface area contributed by atoms with Gasteiger partial charge in [0.2, 0.25) is 5.91 Å². The third kappa shape index (κ3) is 3.42. The summed E-state index contributed by atoms with van der Waals surface area (Å²) in [6, 6.07) is 0.